The number of hydrogen-bond acceptors (Lipinski definition) is 3. The molecule has 0 spiro atoms. The third-order valence-corrected chi connectivity index (χ3v) is 4.41. The summed E-state index contributed by atoms with van der Waals surface area (Å²) in [6, 6.07) is 7.75. The van der Waals surface area contributed by atoms with Gasteiger partial charge in [-0.25, -0.2) is 0 Å². The van der Waals surface area contributed by atoms with Gasteiger partial charge in [0.05, 0.1) is 12.6 Å². The van der Waals surface area contributed by atoms with Crippen molar-refractivity contribution < 1.29 is 9.53 Å². The Balaban J connectivity index is 1.67. The summed E-state index contributed by atoms with van der Waals surface area (Å²) in [4.78, 5) is 14.2. The molecule has 23 heavy (non-hydrogen) atoms. The summed E-state index contributed by atoms with van der Waals surface area (Å²) in [6.07, 6.45) is 4.57. The van der Waals surface area contributed by atoms with E-state index in [0.717, 1.165) is 49.5 Å². The normalized spacial score (nSPS) is 18.1. The molecule has 1 amide bonds. The minimum Gasteiger partial charge on any atom is -0.377 e. The monoisotopic (exact) mass is 338 g/mol. The van der Waals surface area contributed by atoms with Gasteiger partial charge in [-0.05, 0) is 49.9 Å². The first-order chi connectivity index (χ1) is 11.2. The number of carbonyl (C=O) groups excluding carboxylic acids is 1. The van der Waals surface area contributed by atoms with Crippen molar-refractivity contribution in [1.29, 1.82) is 0 Å². The van der Waals surface area contributed by atoms with E-state index in [-0.39, 0.29) is 12.0 Å². The summed E-state index contributed by atoms with van der Waals surface area (Å²) < 4.78 is 5.76. The fraction of sp³-hybridized carbons (Fsp3) is 0.611. The van der Waals surface area contributed by atoms with Crippen LogP contribution in [0.4, 0.5) is 0 Å². The van der Waals surface area contributed by atoms with Crippen LogP contribution in [0.15, 0.2) is 24.3 Å². The van der Waals surface area contributed by atoms with Gasteiger partial charge in [0.25, 0.3) is 0 Å². The fourth-order valence-corrected chi connectivity index (χ4v) is 3.06. The molecular weight excluding hydrogens is 312 g/mol. The lowest BCUT2D eigenvalue weighted by molar-refractivity contribution is -0.122. The maximum atomic E-state index is 12.1. The number of nitrogens with one attached hydrogen (secondary N) is 1. The van der Waals surface area contributed by atoms with Crippen molar-refractivity contribution in [3.8, 4) is 0 Å². The summed E-state index contributed by atoms with van der Waals surface area (Å²) in [5.74, 6) is 0.0738. The lowest BCUT2D eigenvalue weighted by Gasteiger charge is -2.28. The molecule has 5 heteroatoms. The Labute approximate surface area is 144 Å². The molecule has 0 aromatic heterocycles. The van der Waals surface area contributed by atoms with Crippen molar-refractivity contribution >= 4 is 17.5 Å². The average Bonchev–Trinajstić information content (AvgIpc) is 2.55. The standard InChI is InChI=1S/C18H27ClN2O2/c1-2-21(13-17-8-3-4-11-23-17)14-18(22)20-10-9-15-6-5-7-16(19)12-15/h5-7,12,17H,2-4,8-11,13-14H2,1H3,(H,20,22). The van der Waals surface area contributed by atoms with Crippen LogP contribution < -0.4 is 5.32 Å². The molecule has 0 saturated carbocycles. The van der Waals surface area contributed by atoms with Crippen LogP contribution in [0.25, 0.3) is 0 Å². The van der Waals surface area contributed by atoms with Crippen LogP contribution in [0.5, 0.6) is 0 Å². The Bertz CT molecular complexity index is 490. The molecule has 1 atom stereocenters. The molecule has 2 rings (SSSR count). The van der Waals surface area contributed by atoms with E-state index in [9.17, 15) is 4.79 Å². The van der Waals surface area contributed by atoms with E-state index in [0.29, 0.717) is 13.1 Å². The second-order valence-corrected chi connectivity index (χ2v) is 6.48. The molecule has 1 N–H and O–H groups in total. The van der Waals surface area contributed by atoms with Crippen LogP contribution in [0.2, 0.25) is 5.02 Å². The molecule has 1 aromatic carbocycles. The lowest BCUT2D eigenvalue weighted by Crippen LogP contribution is -2.42. The topological polar surface area (TPSA) is 41.6 Å². The maximum Gasteiger partial charge on any atom is 0.234 e. The minimum atomic E-state index is 0.0738. The predicted molar refractivity (Wildman–Crippen MR) is 93.9 cm³/mol. The first kappa shape index (κ1) is 18.2. The molecular formula is C18H27ClN2O2. The Morgan fingerprint density at radius 1 is 1.43 bits per heavy atom. The summed E-state index contributed by atoms with van der Waals surface area (Å²) in [7, 11) is 0. The highest BCUT2D eigenvalue weighted by Crippen LogP contribution is 2.14. The van der Waals surface area contributed by atoms with E-state index >= 15 is 0 Å². The summed E-state index contributed by atoms with van der Waals surface area (Å²) in [5, 5.41) is 3.72. The Morgan fingerprint density at radius 2 is 2.30 bits per heavy atom. The smallest absolute Gasteiger partial charge is 0.234 e. The van der Waals surface area contributed by atoms with Crippen LogP contribution in [-0.2, 0) is 16.0 Å². The van der Waals surface area contributed by atoms with Gasteiger partial charge in [-0.3, -0.25) is 9.69 Å². The molecule has 1 aliphatic rings. The second-order valence-electron chi connectivity index (χ2n) is 6.05. The number of carbonyl (C=O) groups is 1. The van der Waals surface area contributed by atoms with E-state index < -0.39 is 0 Å². The van der Waals surface area contributed by atoms with Crippen molar-refractivity contribution in [3.63, 3.8) is 0 Å². The molecule has 1 fully saturated rings. The van der Waals surface area contributed by atoms with E-state index in [1.54, 1.807) is 0 Å². The summed E-state index contributed by atoms with van der Waals surface area (Å²) >= 11 is 5.96. The largest absolute Gasteiger partial charge is 0.377 e. The van der Waals surface area contributed by atoms with Gasteiger partial charge in [0.2, 0.25) is 5.91 Å². The molecule has 128 valence electrons. The number of benzene rings is 1. The summed E-state index contributed by atoms with van der Waals surface area (Å²) in [5.41, 5.74) is 1.14. The van der Waals surface area contributed by atoms with Gasteiger partial charge in [0, 0.05) is 24.7 Å². The molecule has 1 aromatic rings. The van der Waals surface area contributed by atoms with Crippen molar-refractivity contribution in [2.24, 2.45) is 0 Å². The van der Waals surface area contributed by atoms with E-state index in [2.05, 4.69) is 17.1 Å². The average molecular weight is 339 g/mol. The Hall–Kier alpha value is -1.10. The zero-order valence-corrected chi connectivity index (χ0v) is 14.6. The third-order valence-electron chi connectivity index (χ3n) is 4.18. The Morgan fingerprint density at radius 3 is 3.00 bits per heavy atom. The number of likely N-dealkylation sites (N-methyl/N-ethyl adjacent to an activating group) is 1. The fourth-order valence-electron chi connectivity index (χ4n) is 2.84. The van der Waals surface area contributed by atoms with Crippen LogP contribution in [0.3, 0.4) is 0 Å². The quantitative estimate of drug-likeness (QED) is 0.792. The molecule has 1 saturated heterocycles. The molecule has 0 aliphatic carbocycles. The number of rotatable bonds is 8. The molecule has 0 bridgehead atoms. The van der Waals surface area contributed by atoms with Crippen molar-refractivity contribution in [2.75, 3.05) is 32.8 Å². The molecule has 0 radical (unpaired) electrons. The molecule has 1 aliphatic heterocycles. The maximum absolute atomic E-state index is 12.1. The third kappa shape index (κ3) is 6.90. The first-order valence-corrected chi connectivity index (χ1v) is 8.90. The van der Waals surface area contributed by atoms with Gasteiger partial charge < -0.3 is 10.1 Å². The number of ether oxygens (including phenoxy) is 1. The van der Waals surface area contributed by atoms with Crippen LogP contribution in [0.1, 0.15) is 31.7 Å². The van der Waals surface area contributed by atoms with Crippen molar-refractivity contribution in [1.82, 2.24) is 10.2 Å². The zero-order chi connectivity index (χ0) is 16.5. The number of hydrogen-bond donors (Lipinski definition) is 1. The van der Waals surface area contributed by atoms with Gasteiger partial charge in [-0.1, -0.05) is 30.7 Å². The number of amides is 1. The zero-order valence-electron chi connectivity index (χ0n) is 13.9. The Kier molecular flexibility index (Phi) is 7.86. The highest BCUT2D eigenvalue weighted by molar-refractivity contribution is 6.30. The highest BCUT2D eigenvalue weighted by atomic mass is 35.5. The van der Waals surface area contributed by atoms with Crippen LogP contribution >= 0.6 is 11.6 Å². The SMILES string of the molecule is CCN(CC(=O)NCCc1cccc(Cl)c1)CC1CCCCO1. The highest BCUT2D eigenvalue weighted by Gasteiger charge is 2.18. The molecule has 1 heterocycles. The number of halogens is 1. The van der Waals surface area contributed by atoms with Gasteiger partial charge >= 0.3 is 0 Å². The predicted octanol–water partition coefficient (Wildman–Crippen LogP) is 2.89. The van der Waals surface area contributed by atoms with E-state index in [4.69, 9.17) is 16.3 Å². The molecule has 4 nitrogen and oxygen atoms in total. The van der Waals surface area contributed by atoms with E-state index in [1.807, 2.05) is 24.3 Å². The van der Waals surface area contributed by atoms with Gasteiger partial charge in [-0.15, -0.1) is 0 Å². The van der Waals surface area contributed by atoms with Crippen molar-refractivity contribution in [3.05, 3.63) is 34.9 Å². The van der Waals surface area contributed by atoms with Crippen LogP contribution in [-0.4, -0.2) is 49.7 Å². The van der Waals surface area contributed by atoms with Crippen LogP contribution in [0, 0.1) is 0 Å². The van der Waals surface area contributed by atoms with E-state index in [1.165, 1.54) is 6.42 Å². The van der Waals surface area contributed by atoms with Gasteiger partial charge in [0.1, 0.15) is 0 Å². The minimum absolute atomic E-state index is 0.0738. The molecule has 1 unspecified atom stereocenters. The first-order valence-electron chi connectivity index (χ1n) is 8.52. The van der Waals surface area contributed by atoms with Gasteiger partial charge in [0.15, 0.2) is 0 Å². The number of nitrogens with zero attached hydrogens (tertiary/aromatic N) is 1. The van der Waals surface area contributed by atoms with Crippen molar-refractivity contribution in [2.45, 2.75) is 38.7 Å². The summed E-state index contributed by atoms with van der Waals surface area (Å²) in [6.45, 7) is 5.72. The lowest BCUT2D eigenvalue weighted by atomic mass is 10.1. The second kappa shape index (κ2) is 9.91. The van der Waals surface area contributed by atoms with Gasteiger partial charge in [-0.2, -0.15) is 0 Å².